The second-order valence-electron chi connectivity index (χ2n) is 8.94. The molecule has 0 aromatic heterocycles. The average molecular weight is 419 g/mol. The molecule has 1 atom stereocenters. The maximum Gasteiger partial charge on any atom is 0.362 e. The van der Waals surface area contributed by atoms with Crippen molar-refractivity contribution in [2.45, 2.75) is 89.3 Å². The third kappa shape index (κ3) is 14.5. The summed E-state index contributed by atoms with van der Waals surface area (Å²) in [4.78, 5) is 19.1. The van der Waals surface area contributed by atoms with Crippen molar-refractivity contribution < 1.29 is 23.9 Å². The fraction of sp³-hybridized carbons (Fsp3) is 0.818. The predicted octanol–water partition coefficient (Wildman–Crippen LogP) is 5.37. The first-order chi connectivity index (χ1) is 13.0. The van der Waals surface area contributed by atoms with Crippen LogP contribution in [0.25, 0.3) is 0 Å². The molecule has 0 spiro atoms. The Morgan fingerprint density at radius 2 is 1.18 bits per heavy atom. The van der Waals surface area contributed by atoms with Crippen molar-refractivity contribution in [1.82, 2.24) is 0 Å². The van der Waals surface area contributed by atoms with Gasteiger partial charge in [-0.25, -0.2) is 0 Å². The number of nitrogens with zero attached hydrogens (tertiary/aromatic N) is 1. The van der Waals surface area contributed by atoms with Crippen molar-refractivity contribution in [1.29, 1.82) is 0 Å². The number of hydrogen-bond donors (Lipinski definition) is 3. The van der Waals surface area contributed by atoms with Gasteiger partial charge >= 0.3 is 7.60 Å². The van der Waals surface area contributed by atoms with Crippen molar-refractivity contribution in [2.24, 2.45) is 0 Å². The Morgan fingerprint density at radius 3 is 1.54 bits per heavy atom. The van der Waals surface area contributed by atoms with Gasteiger partial charge in [0, 0.05) is 0 Å². The van der Waals surface area contributed by atoms with E-state index in [9.17, 15) is 19.5 Å². The van der Waals surface area contributed by atoms with Crippen LogP contribution in [0.3, 0.4) is 0 Å². The fourth-order valence-electron chi connectivity index (χ4n) is 3.25. The molecular formula is C22H45NO4P+. The van der Waals surface area contributed by atoms with Crippen LogP contribution in [0.4, 0.5) is 0 Å². The zero-order chi connectivity index (χ0) is 21.5. The number of rotatable bonds is 17. The number of allylic oxidation sites excluding steroid dienone is 4. The molecular weight excluding hydrogens is 373 g/mol. The van der Waals surface area contributed by atoms with Crippen molar-refractivity contribution in [2.75, 3.05) is 27.7 Å². The van der Waals surface area contributed by atoms with Gasteiger partial charge in [0.15, 0.2) is 0 Å². The topological polar surface area (TPSA) is 77.8 Å². The fourth-order valence-corrected chi connectivity index (χ4v) is 4.31. The minimum atomic E-state index is -4.56. The second kappa shape index (κ2) is 14.5. The molecule has 0 fully saturated rings. The number of quaternary nitrogens is 1. The van der Waals surface area contributed by atoms with Gasteiger partial charge in [0.25, 0.3) is 0 Å². The summed E-state index contributed by atoms with van der Waals surface area (Å²) in [5, 5.41) is 8.55. The zero-order valence-electron chi connectivity index (χ0n) is 18.6. The molecule has 0 aromatic rings. The molecule has 0 rings (SSSR count). The molecule has 3 N–H and O–H groups in total. The number of hydrogen-bond acceptors (Lipinski definition) is 2. The Balaban J connectivity index is 3.87. The van der Waals surface area contributed by atoms with Crippen LogP contribution in [0.1, 0.15) is 84.0 Å². The molecule has 166 valence electrons. The van der Waals surface area contributed by atoms with Crippen molar-refractivity contribution in [3.63, 3.8) is 0 Å². The monoisotopic (exact) mass is 418 g/mol. The lowest BCUT2D eigenvalue weighted by molar-refractivity contribution is -0.875. The van der Waals surface area contributed by atoms with Crippen LogP contribution in [0.15, 0.2) is 24.3 Å². The first kappa shape index (κ1) is 27.5. The van der Waals surface area contributed by atoms with Gasteiger partial charge in [-0.3, -0.25) is 4.57 Å². The van der Waals surface area contributed by atoms with Gasteiger partial charge in [0.2, 0.25) is 5.34 Å². The summed E-state index contributed by atoms with van der Waals surface area (Å²) >= 11 is 0. The molecule has 0 radical (unpaired) electrons. The molecule has 0 aliphatic carbocycles. The summed E-state index contributed by atoms with van der Waals surface area (Å²) < 4.78 is 12.0. The van der Waals surface area contributed by atoms with Gasteiger partial charge in [-0.2, -0.15) is 0 Å². The standard InChI is InChI=1S/C22H44NO4P/c1-5-6-7-8-9-10-11-12-13-14-15-16-17-18-19-20-22(24,28(25,26)27)21-23(2,3)4/h9-10,15-16,24H,5-8,11-14,17-21H2,1-4H3,(H-,25,26,27)/p+1/b10-9-,16-15-. The zero-order valence-corrected chi connectivity index (χ0v) is 19.5. The van der Waals surface area contributed by atoms with E-state index < -0.39 is 12.9 Å². The third-order valence-electron chi connectivity index (χ3n) is 4.77. The maximum absolute atomic E-state index is 11.7. The summed E-state index contributed by atoms with van der Waals surface area (Å²) in [6, 6.07) is 0. The SMILES string of the molecule is CCCCC/C=C\CCCC/C=C\CCCCC(O)(C[N+](C)(C)C)P(=O)(O)O. The van der Waals surface area contributed by atoms with Crippen molar-refractivity contribution >= 4 is 7.60 Å². The lowest BCUT2D eigenvalue weighted by Crippen LogP contribution is -2.49. The Bertz CT molecular complexity index is 493. The van der Waals surface area contributed by atoms with Crippen molar-refractivity contribution in [3.8, 4) is 0 Å². The van der Waals surface area contributed by atoms with Crippen LogP contribution >= 0.6 is 7.60 Å². The minimum Gasteiger partial charge on any atom is -0.373 e. The molecule has 0 heterocycles. The van der Waals surface area contributed by atoms with Gasteiger partial charge in [-0.15, -0.1) is 0 Å². The van der Waals surface area contributed by atoms with E-state index in [4.69, 9.17) is 0 Å². The highest BCUT2D eigenvalue weighted by Gasteiger charge is 2.48. The molecule has 5 nitrogen and oxygen atoms in total. The average Bonchev–Trinajstić information content (AvgIpc) is 2.56. The number of unbranched alkanes of at least 4 members (excludes halogenated alkanes) is 8. The van der Waals surface area contributed by atoms with Gasteiger partial charge in [0.1, 0.15) is 6.54 Å². The molecule has 0 amide bonds. The minimum absolute atomic E-state index is 0.0418. The van der Waals surface area contributed by atoms with E-state index in [0.29, 0.717) is 10.9 Å². The second-order valence-corrected chi connectivity index (χ2v) is 10.9. The van der Waals surface area contributed by atoms with Gasteiger partial charge in [0.05, 0.1) is 21.1 Å². The first-order valence-corrected chi connectivity index (χ1v) is 12.5. The van der Waals surface area contributed by atoms with Gasteiger partial charge < -0.3 is 19.4 Å². The summed E-state index contributed by atoms with van der Waals surface area (Å²) in [5.41, 5.74) is 0. The molecule has 0 aliphatic heterocycles. The summed E-state index contributed by atoms with van der Waals surface area (Å²) in [7, 11) is 0.919. The Labute approximate surface area is 173 Å². The van der Waals surface area contributed by atoms with E-state index in [2.05, 4.69) is 31.2 Å². The van der Waals surface area contributed by atoms with Crippen LogP contribution in [0.5, 0.6) is 0 Å². The molecule has 28 heavy (non-hydrogen) atoms. The third-order valence-corrected chi connectivity index (χ3v) is 6.22. The van der Waals surface area contributed by atoms with E-state index in [1.54, 1.807) is 0 Å². The highest BCUT2D eigenvalue weighted by Crippen LogP contribution is 2.52. The molecule has 0 aliphatic rings. The highest BCUT2D eigenvalue weighted by atomic mass is 31.2. The Hall–Kier alpha value is -0.450. The largest absolute Gasteiger partial charge is 0.373 e. The van der Waals surface area contributed by atoms with E-state index >= 15 is 0 Å². The van der Waals surface area contributed by atoms with Gasteiger partial charge in [-0.1, -0.05) is 44.1 Å². The van der Waals surface area contributed by atoms with Gasteiger partial charge in [-0.05, 0) is 64.2 Å². The number of likely N-dealkylation sites (N-methyl/N-ethyl adjacent to an activating group) is 1. The van der Waals surface area contributed by atoms with E-state index in [-0.39, 0.29) is 13.0 Å². The molecule has 0 saturated heterocycles. The van der Waals surface area contributed by atoms with Crippen LogP contribution in [0, 0.1) is 0 Å². The Kier molecular flexibility index (Phi) is 14.3. The summed E-state index contributed by atoms with van der Waals surface area (Å²) in [5.74, 6) is 0. The molecule has 0 bridgehead atoms. The highest BCUT2D eigenvalue weighted by molar-refractivity contribution is 7.53. The summed E-state index contributed by atoms with van der Waals surface area (Å²) in [6.07, 6.45) is 21.2. The van der Waals surface area contributed by atoms with Crippen LogP contribution in [-0.4, -0.2) is 52.4 Å². The molecule has 1 unspecified atom stereocenters. The maximum atomic E-state index is 11.7. The van der Waals surface area contributed by atoms with E-state index in [1.165, 1.54) is 38.5 Å². The van der Waals surface area contributed by atoms with Crippen LogP contribution < -0.4 is 0 Å². The normalized spacial score (nSPS) is 15.5. The molecule has 0 saturated carbocycles. The lowest BCUT2D eigenvalue weighted by Gasteiger charge is -2.35. The smallest absolute Gasteiger partial charge is 0.362 e. The van der Waals surface area contributed by atoms with Crippen LogP contribution in [0.2, 0.25) is 0 Å². The predicted molar refractivity (Wildman–Crippen MR) is 119 cm³/mol. The lowest BCUT2D eigenvalue weighted by atomic mass is 10.1. The first-order valence-electron chi connectivity index (χ1n) is 10.9. The van der Waals surface area contributed by atoms with E-state index in [1.807, 2.05) is 21.1 Å². The quantitative estimate of drug-likeness (QED) is 0.128. The Morgan fingerprint density at radius 1 is 0.786 bits per heavy atom. The van der Waals surface area contributed by atoms with E-state index in [0.717, 1.165) is 25.7 Å². The van der Waals surface area contributed by atoms with Crippen LogP contribution in [-0.2, 0) is 4.57 Å². The summed E-state index contributed by atoms with van der Waals surface area (Å²) in [6.45, 7) is 2.27. The molecule has 6 heteroatoms. The molecule has 0 aromatic carbocycles. The number of aliphatic hydroxyl groups is 1. The van der Waals surface area contributed by atoms with Crippen molar-refractivity contribution in [3.05, 3.63) is 24.3 Å².